The average Bonchev–Trinajstić information content (AvgIpc) is 2.44. The molecule has 1 heterocycles. The van der Waals surface area contributed by atoms with Crippen LogP contribution in [0.25, 0.3) is 0 Å². The summed E-state index contributed by atoms with van der Waals surface area (Å²) in [5, 5.41) is 19.3. The van der Waals surface area contributed by atoms with Gasteiger partial charge in [0.05, 0.1) is 4.92 Å². The molecule has 0 fully saturated rings. The highest BCUT2D eigenvalue weighted by Gasteiger charge is 2.22. The highest BCUT2D eigenvalue weighted by molar-refractivity contribution is 5.76. The third-order valence-electron chi connectivity index (χ3n) is 2.47. The van der Waals surface area contributed by atoms with Crippen LogP contribution in [0.2, 0.25) is 0 Å². The van der Waals surface area contributed by atoms with Gasteiger partial charge in [-0.25, -0.2) is 9.97 Å². The molecule has 0 aromatic carbocycles. The Morgan fingerprint density at radius 1 is 1.30 bits per heavy atom. The molecule has 0 radical (unpaired) electrons. The lowest BCUT2D eigenvalue weighted by atomic mass is 10.3. The zero-order valence-corrected chi connectivity index (χ0v) is 11.5. The van der Waals surface area contributed by atoms with Crippen molar-refractivity contribution in [2.24, 2.45) is 0 Å². The molecule has 0 aliphatic rings. The average molecular weight is 282 g/mol. The maximum Gasteiger partial charge on any atom is 0.353 e. The van der Waals surface area contributed by atoms with Crippen LogP contribution in [0, 0.1) is 10.1 Å². The number of nitrogens with zero attached hydrogens (tertiary/aromatic N) is 3. The summed E-state index contributed by atoms with van der Waals surface area (Å²) in [5.41, 5.74) is -0.210. The van der Waals surface area contributed by atoms with Crippen molar-refractivity contribution >= 4 is 23.2 Å². The summed E-state index contributed by atoms with van der Waals surface area (Å²) in [6.45, 7) is 2.78. The summed E-state index contributed by atoms with van der Waals surface area (Å²) < 4.78 is 0. The molecule has 0 saturated heterocycles. The minimum atomic E-state index is -0.541. The third-order valence-corrected chi connectivity index (χ3v) is 2.47. The molecular weight excluding hydrogens is 264 g/mol. The summed E-state index contributed by atoms with van der Waals surface area (Å²) in [5.74, 6) is 0.125. The maximum atomic E-state index is 11.1. The number of carbonyl (C=O) groups is 1. The fraction of sp³-hybridized carbons (Fsp3) is 0.545. The van der Waals surface area contributed by atoms with Crippen molar-refractivity contribution in [3.63, 3.8) is 0 Å². The zero-order valence-electron chi connectivity index (χ0n) is 11.5. The Kier molecular flexibility index (Phi) is 6.14. The largest absolute Gasteiger partial charge is 0.364 e. The van der Waals surface area contributed by atoms with Crippen LogP contribution in [-0.2, 0) is 4.79 Å². The lowest BCUT2D eigenvalue weighted by Gasteiger charge is -2.09. The van der Waals surface area contributed by atoms with E-state index in [2.05, 4.69) is 25.9 Å². The van der Waals surface area contributed by atoms with E-state index >= 15 is 0 Å². The first-order chi connectivity index (χ1) is 9.60. The van der Waals surface area contributed by atoms with Crippen LogP contribution < -0.4 is 16.0 Å². The molecule has 1 amide bonds. The Labute approximate surface area is 116 Å². The number of amides is 1. The van der Waals surface area contributed by atoms with E-state index in [0.29, 0.717) is 6.54 Å². The van der Waals surface area contributed by atoms with Crippen LogP contribution in [-0.4, -0.2) is 40.9 Å². The molecule has 0 unspecified atom stereocenters. The van der Waals surface area contributed by atoms with Gasteiger partial charge in [-0.3, -0.25) is 14.9 Å². The Morgan fingerprint density at radius 3 is 2.40 bits per heavy atom. The molecule has 1 aromatic rings. The van der Waals surface area contributed by atoms with Crippen molar-refractivity contribution in [2.75, 3.05) is 30.8 Å². The number of hydrogen-bond donors (Lipinski definition) is 3. The molecule has 9 nitrogen and oxygen atoms in total. The standard InChI is InChI=1S/C11H18N6O3/c1-3-5-13-10-9(17(19)20)11(16-7-15-10)14-6-4-8(18)12-2/h7H,3-6H2,1-2H3,(H,12,18)(H2,13,14,15,16). The predicted octanol–water partition coefficient (Wildman–Crippen LogP) is 0.755. The van der Waals surface area contributed by atoms with Gasteiger partial charge in [0.1, 0.15) is 6.33 Å². The SMILES string of the molecule is CCCNc1ncnc(NCCC(=O)NC)c1[N+](=O)[O-]. The van der Waals surface area contributed by atoms with Gasteiger partial charge in [0.25, 0.3) is 0 Å². The van der Waals surface area contributed by atoms with Gasteiger partial charge in [0, 0.05) is 26.6 Å². The van der Waals surface area contributed by atoms with Gasteiger partial charge in [0.15, 0.2) is 0 Å². The van der Waals surface area contributed by atoms with Crippen molar-refractivity contribution in [2.45, 2.75) is 19.8 Å². The van der Waals surface area contributed by atoms with E-state index in [9.17, 15) is 14.9 Å². The fourth-order valence-electron chi connectivity index (χ4n) is 1.47. The van der Waals surface area contributed by atoms with E-state index in [1.807, 2.05) is 6.92 Å². The Balaban J connectivity index is 2.83. The van der Waals surface area contributed by atoms with Crippen molar-refractivity contribution < 1.29 is 9.72 Å². The molecule has 0 saturated carbocycles. The summed E-state index contributed by atoms with van der Waals surface area (Å²) in [6, 6.07) is 0. The van der Waals surface area contributed by atoms with Gasteiger partial charge in [-0.05, 0) is 6.42 Å². The molecule has 9 heteroatoms. The molecule has 0 spiro atoms. The Hall–Kier alpha value is -2.45. The van der Waals surface area contributed by atoms with Gasteiger partial charge in [-0.1, -0.05) is 6.92 Å². The molecule has 0 aliphatic carbocycles. The molecule has 3 N–H and O–H groups in total. The summed E-state index contributed by atoms with van der Waals surface area (Å²) in [6.07, 6.45) is 2.27. The molecule has 0 atom stereocenters. The van der Waals surface area contributed by atoms with Crippen molar-refractivity contribution in [3.8, 4) is 0 Å². The highest BCUT2D eigenvalue weighted by Crippen LogP contribution is 2.28. The second-order valence-corrected chi connectivity index (χ2v) is 3.95. The molecule has 1 aromatic heterocycles. The first-order valence-electron chi connectivity index (χ1n) is 6.27. The van der Waals surface area contributed by atoms with Crippen LogP contribution in [0.1, 0.15) is 19.8 Å². The molecular formula is C11H18N6O3. The molecule has 110 valence electrons. The summed E-state index contributed by atoms with van der Waals surface area (Å²) in [7, 11) is 1.53. The maximum absolute atomic E-state index is 11.1. The van der Waals surface area contributed by atoms with Gasteiger partial charge < -0.3 is 16.0 Å². The second kappa shape index (κ2) is 7.87. The van der Waals surface area contributed by atoms with Crippen LogP contribution in [0.15, 0.2) is 6.33 Å². The highest BCUT2D eigenvalue weighted by atomic mass is 16.6. The van der Waals surface area contributed by atoms with E-state index in [-0.39, 0.29) is 36.2 Å². The van der Waals surface area contributed by atoms with Crippen LogP contribution >= 0.6 is 0 Å². The number of nitrogens with one attached hydrogen (secondary N) is 3. The number of aromatic nitrogens is 2. The predicted molar refractivity (Wildman–Crippen MR) is 74.6 cm³/mol. The number of anilines is 2. The summed E-state index contributed by atoms with van der Waals surface area (Å²) >= 11 is 0. The molecule has 0 bridgehead atoms. The third kappa shape index (κ3) is 4.34. The number of nitro groups is 1. The minimum Gasteiger partial charge on any atom is -0.364 e. The first-order valence-corrected chi connectivity index (χ1v) is 6.27. The van der Waals surface area contributed by atoms with Crippen LogP contribution in [0.3, 0.4) is 0 Å². The van der Waals surface area contributed by atoms with Gasteiger partial charge >= 0.3 is 5.69 Å². The number of hydrogen-bond acceptors (Lipinski definition) is 7. The fourth-order valence-corrected chi connectivity index (χ4v) is 1.47. The first kappa shape index (κ1) is 15.6. The zero-order chi connectivity index (χ0) is 15.0. The Bertz CT molecular complexity index is 479. The van der Waals surface area contributed by atoms with Gasteiger partial charge in [-0.15, -0.1) is 0 Å². The van der Waals surface area contributed by atoms with E-state index < -0.39 is 4.92 Å². The molecule has 1 rings (SSSR count). The van der Waals surface area contributed by atoms with E-state index in [1.54, 1.807) is 0 Å². The van der Waals surface area contributed by atoms with Crippen molar-refractivity contribution in [1.29, 1.82) is 0 Å². The Morgan fingerprint density at radius 2 is 1.90 bits per heavy atom. The van der Waals surface area contributed by atoms with Crippen molar-refractivity contribution in [3.05, 3.63) is 16.4 Å². The van der Waals surface area contributed by atoms with Crippen molar-refractivity contribution in [1.82, 2.24) is 15.3 Å². The van der Waals surface area contributed by atoms with Crippen LogP contribution in [0.5, 0.6) is 0 Å². The lowest BCUT2D eigenvalue weighted by Crippen LogP contribution is -2.21. The second-order valence-electron chi connectivity index (χ2n) is 3.95. The normalized spacial score (nSPS) is 9.90. The quantitative estimate of drug-likeness (QED) is 0.475. The summed E-state index contributed by atoms with van der Waals surface area (Å²) in [4.78, 5) is 29.4. The van der Waals surface area contributed by atoms with Gasteiger partial charge in [-0.2, -0.15) is 0 Å². The molecule has 20 heavy (non-hydrogen) atoms. The number of rotatable bonds is 8. The minimum absolute atomic E-state index is 0.104. The molecule has 0 aliphatic heterocycles. The van der Waals surface area contributed by atoms with E-state index in [1.165, 1.54) is 13.4 Å². The van der Waals surface area contributed by atoms with Gasteiger partial charge in [0.2, 0.25) is 17.5 Å². The number of carbonyl (C=O) groups excluding carboxylic acids is 1. The van der Waals surface area contributed by atoms with Crippen LogP contribution in [0.4, 0.5) is 17.3 Å². The smallest absolute Gasteiger partial charge is 0.353 e. The topological polar surface area (TPSA) is 122 Å². The lowest BCUT2D eigenvalue weighted by molar-refractivity contribution is -0.383. The monoisotopic (exact) mass is 282 g/mol. The van der Waals surface area contributed by atoms with E-state index in [4.69, 9.17) is 0 Å². The van der Waals surface area contributed by atoms with E-state index in [0.717, 1.165) is 6.42 Å².